The van der Waals surface area contributed by atoms with Crippen LogP contribution in [0.25, 0.3) is 17.1 Å². The van der Waals surface area contributed by atoms with Crippen molar-refractivity contribution in [3.8, 4) is 22.8 Å². The van der Waals surface area contributed by atoms with Gasteiger partial charge in [0.05, 0.1) is 12.8 Å². The third-order valence-corrected chi connectivity index (χ3v) is 3.42. The summed E-state index contributed by atoms with van der Waals surface area (Å²) in [6.45, 7) is 4.10. The molecule has 0 aliphatic carbocycles. The molecule has 0 N–H and O–H groups in total. The van der Waals surface area contributed by atoms with Crippen LogP contribution in [0.5, 0.6) is 5.75 Å². The van der Waals surface area contributed by atoms with Gasteiger partial charge in [0.15, 0.2) is 5.82 Å². The highest BCUT2D eigenvalue weighted by Gasteiger charge is 2.10. The lowest BCUT2D eigenvalue weighted by Gasteiger charge is -2.11. The third-order valence-electron chi connectivity index (χ3n) is 3.42. The van der Waals surface area contributed by atoms with Gasteiger partial charge in [0.1, 0.15) is 12.1 Å². The SMILES string of the molecule is COc1cc(C)c(-c2ccc(-n3ccnc3)nn2)c(C)c1. The van der Waals surface area contributed by atoms with Gasteiger partial charge in [-0.1, -0.05) is 0 Å². The number of imidazole rings is 1. The Kier molecular flexibility index (Phi) is 3.39. The standard InChI is InChI=1S/C16H16N4O/c1-11-8-13(21-3)9-12(2)16(11)14-4-5-15(19-18-14)20-7-6-17-10-20/h4-10H,1-3H3. The molecule has 0 aliphatic heterocycles. The molecule has 0 amide bonds. The highest BCUT2D eigenvalue weighted by molar-refractivity contribution is 5.68. The number of aromatic nitrogens is 4. The molecule has 106 valence electrons. The van der Waals surface area contributed by atoms with E-state index in [0.29, 0.717) is 0 Å². The number of rotatable bonds is 3. The van der Waals surface area contributed by atoms with E-state index in [9.17, 15) is 0 Å². The van der Waals surface area contributed by atoms with Gasteiger partial charge in [0, 0.05) is 18.0 Å². The van der Waals surface area contributed by atoms with Crippen LogP contribution in [0, 0.1) is 13.8 Å². The molecular formula is C16H16N4O. The summed E-state index contributed by atoms with van der Waals surface area (Å²) in [5.74, 6) is 1.61. The van der Waals surface area contributed by atoms with Crippen molar-refractivity contribution in [1.29, 1.82) is 0 Å². The first-order valence-corrected chi connectivity index (χ1v) is 6.66. The van der Waals surface area contributed by atoms with Crippen LogP contribution in [0.15, 0.2) is 43.0 Å². The molecule has 1 aromatic carbocycles. The van der Waals surface area contributed by atoms with E-state index < -0.39 is 0 Å². The van der Waals surface area contributed by atoms with Crippen molar-refractivity contribution in [3.05, 3.63) is 54.1 Å². The summed E-state index contributed by atoms with van der Waals surface area (Å²) in [6.07, 6.45) is 5.26. The van der Waals surface area contributed by atoms with Crippen LogP contribution in [-0.2, 0) is 0 Å². The predicted octanol–water partition coefficient (Wildman–Crippen LogP) is 2.95. The quantitative estimate of drug-likeness (QED) is 0.740. The molecule has 0 saturated heterocycles. The topological polar surface area (TPSA) is 52.8 Å². The van der Waals surface area contributed by atoms with Crippen LogP contribution in [0.4, 0.5) is 0 Å². The largest absolute Gasteiger partial charge is 0.497 e. The summed E-state index contributed by atoms with van der Waals surface area (Å²) < 4.78 is 7.11. The first-order chi connectivity index (χ1) is 10.2. The molecule has 0 saturated carbocycles. The van der Waals surface area contributed by atoms with Gasteiger partial charge in [-0.05, 0) is 49.2 Å². The Labute approximate surface area is 123 Å². The van der Waals surface area contributed by atoms with Gasteiger partial charge in [-0.3, -0.25) is 4.57 Å². The molecule has 0 bridgehead atoms. The fourth-order valence-corrected chi connectivity index (χ4v) is 2.44. The first kappa shape index (κ1) is 13.3. The fourth-order valence-electron chi connectivity index (χ4n) is 2.44. The Balaban J connectivity index is 2.02. The number of hydrogen-bond donors (Lipinski definition) is 0. The molecular weight excluding hydrogens is 264 g/mol. The Morgan fingerprint density at radius 1 is 1.05 bits per heavy atom. The lowest BCUT2D eigenvalue weighted by atomic mass is 9.99. The van der Waals surface area contributed by atoms with Gasteiger partial charge in [0.25, 0.3) is 0 Å². The molecule has 0 unspecified atom stereocenters. The Hall–Kier alpha value is -2.69. The van der Waals surface area contributed by atoms with E-state index in [-0.39, 0.29) is 0 Å². The summed E-state index contributed by atoms with van der Waals surface area (Å²) in [5, 5.41) is 8.61. The molecule has 3 aromatic rings. The molecule has 0 atom stereocenters. The number of nitrogens with zero attached hydrogens (tertiary/aromatic N) is 4. The lowest BCUT2D eigenvalue weighted by molar-refractivity contribution is 0.414. The predicted molar refractivity (Wildman–Crippen MR) is 80.6 cm³/mol. The minimum Gasteiger partial charge on any atom is -0.497 e. The van der Waals surface area contributed by atoms with Crippen LogP contribution in [0.2, 0.25) is 0 Å². The monoisotopic (exact) mass is 280 g/mol. The Bertz CT molecular complexity index is 725. The van der Waals surface area contributed by atoms with Crippen LogP contribution in [0.3, 0.4) is 0 Å². The van der Waals surface area contributed by atoms with E-state index in [4.69, 9.17) is 4.74 Å². The van der Waals surface area contributed by atoms with E-state index in [1.165, 1.54) is 0 Å². The molecule has 2 heterocycles. The van der Waals surface area contributed by atoms with Gasteiger partial charge in [0.2, 0.25) is 0 Å². The summed E-state index contributed by atoms with van der Waals surface area (Å²) in [4.78, 5) is 4.01. The van der Waals surface area contributed by atoms with Crippen LogP contribution in [0.1, 0.15) is 11.1 Å². The van der Waals surface area contributed by atoms with Crippen molar-refractivity contribution in [2.45, 2.75) is 13.8 Å². The summed E-state index contributed by atoms with van der Waals surface area (Å²) in [5.41, 5.74) is 4.20. The summed E-state index contributed by atoms with van der Waals surface area (Å²) in [6, 6.07) is 7.93. The van der Waals surface area contributed by atoms with Crippen molar-refractivity contribution in [1.82, 2.24) is 19.7 Å². The molecule has 21 heavy (non-hydrogen) atoms. The smallest absolute Gasteiger partial charge is 0.160 e. The van der Waals surface area contributed by atoms with Crippen molar-refractivity contribution < 1.29 is 4.74 Å². The van der Waals surface area contributed by atoms with Gasteiger partial charge in [-0.2, -0.15) is 0 Å². The molecule has 3 rings (SSSR count). The Morgan fingerprint density at radius 3 is 2.33 bits per heavy atom. The highest BCUT2D eigenvalue weighted by Crippen LogP contribution is 2.29. The van der Waals surface area contributed by atoms with Crippen molar-refractivity contribution in [2.24, 2.45) is 0 Å². The fraction of sp³-hybridized carbons (Fsp3) is 0.188. The van der Waals surface area contributed by atoms with E-state index in [1.807, 2.05) is 35.0 Å². The van der Waals surface area contributed by atoms with Gasteiger partial charge in [-0.15, -0.1) is 10.2 Å². The summed E-state index contributed by atoms with van der Waals surface area (Å²) in [7, 11) is 1.67. The normalized spacial score (nSPS) is 10.6. The first-order valence-electron chi connectivity index (χ1n) is 6.66. The third kappa shape index (κ3) is 2.50. The average Bonchev–Trinajstić information content (AvgIpc) is 3.01. The van der Waals surface area contributed by atoms with Gasteiger partial charge in [-0.25, -0.2) is 4.98 Å². The van der Waals surface area contributed by atoms with Gasteiger partial charge >= 0.3 is 0 Å². The molecule has 0 spiro atoms. The van der Waals surface area contributed by atoms with E-state index in [2.05, 4.69) is 29.0 Å². The second kappa shape index (κ2) is 5.36. The molecule has 0 fully saturated rings. The lowest BCUT2D eigenvalue weighted by Crippen LogP contribution is -1.99. The molecule has 0 radical (unpaired) electrons. The van der Waals surface area contributed by atoms with Gasteiger partial charge < -0.3 is 4.74 Å². The van der Waals surface area contributed by atoms with E-state index in [0.717, 1.165) is 34.0 Å². The molecule has 0 aliphatic rings. The molecule has 5 heteroatoms. The highest BCUT2D eigenvalue weighted by atomic mass is 16.5. The molecule has 5 nitrogen and oxygen atoms in total. The summed E-state index contributed by atoms with van der Waals surface area (Å²) >= 11 is 0. The minimum absolute atomic E-state index is 0.750. The maximum absolute atomic E-state index is 5.29. The second-order valence-electron chi connectivity index (χ2n) is 4.88. The van der Waals surface area contributed by atoms with Crippen LogP contribution >= 0.6 is 0 Å². The van der Waals surface area contributed by atoms with Crippen LogP contribution in [-0.4, -0.2) is 26.9 Å². The maximum Gasteiger partial charge on any atom is 0.160 e. The van der Waals surface area contributed by atoms with E-state index in [1.54, 1.807) is 19.6 Å². The minimum atomic E-state index is 0.750. The van der Waals surface area contributed by atoms with Crippen molar-refractivity contribution in [3.63, 3.8) is 0 Å². The number of aryl methyl sites for hydroxylation is 2. The van der Waals surface area contributed by atoms with E-state index >= 15 is 0 Å². The second-order valence-corrected chi connectivity index (χ2v) is 4.88. The number of hydrogen-bond acceptors (Lipinski definition) is 4. The zero-order valence-electron chi connectivity index (χ0n) is 12.2. The number of ether oxygens (including phenoxy) is 1. The zero-order chi connectivity index (χ0) is 14.8. The number of methoxy groups -OCH3 is 1. The van der Waals surface area contributed by atoms with Crippen LogP contribution < -0.4 is 4.74 Å². The maximum atomic E-state index is 5.29. The van der Waals surface area contributed by atoms with Crippen molar-refractivity contribution in [2.75, 3.05) is 7.11 Å². The Morgan fingerprint density at radius 2 is 1.81 bits per heavy atom. The van der Waals surface area contributed by atoms with Crippen molar-refractivity contribution >= 4 is 0 Å². The zero-order valence-corrected chi connectivity index (χ0v) is 12.2. The number of benzene rings is 1. The molecule has 2 aromatic heterocycles. The average molecular weight is 280 g/mol.